The molecule has 0 saturated heterocycles. The van der Waals surface area contributed by atoms with E-state index in [1.807, 2.05) is 6.92 Å². The SMILES string of the molecule is CNS(=O)(=O)c1ccc(C)c(-c2cc(Cl)ccc2OCC(=O)OC(C)(C)C)c1. The van der Waals surface area contributed by atoms with Crippen molar-refractivity contribution in [2.45, 2.75) is 38.2 Å². The van der Waals surface area contributed by atoms with Gasteiger partial charge >= 0.3 is 5.97 Å². The Bertz CT molecular complexity index is 981. The molecule has 0 heterocycles. The Morgan fingerprint density at radius 1 is 1.11 bits per heavy atom. The number of hydrogen-bond donors (Lipinski definition) is 1. The van der Waals surface area contributed by atoms with Crippen molar-refractivity contribution < 1.29 is 22.7 Å². The largest absolute Gasteiger partial charge is 0.481 e. The van der Waals surface area contributed by atoms with Gasteiger partial charge in [0.15, 0.2) is 6.61 Å². The van der Waals surface area contributed by atoms with Crippen molar-refractivity contribution in [3.8, 4) is 16.9 Å². The monoisotopic (exact) mass is 425 g/mol. The maximum absolute atomic E-state index is 12.2. The third-order valence-corrected chi connectivity index (χ3v) is 5.43. The number of sulfonamides is 1. The molecule has 2 aromatic rings. The van der Waals surface area contributed by atoms with Crippen LogP contribution >= 0.6 is 11.6 Å². The fourth-order valence-corrected chi connectivity index (χ4v) is 3.45. The smallest absolute Gasteiger partial charge is 0.344 e. The molecule has 2 aromatic carbocycles. The van der Waals surface area contributed by atoms with Crippen molar-refractivity contribution in [2.24, 2.45) is 0 Å². The molecule has 0 bridgehead atoms. The fraction of sp³-hybridized carbons (Fsp3) is 0.350. The topological polar surface area (TPSA) is 81.7 Å². The van der Waals surface area contributed by atoms with Crippen LogP contribution in [0.4, 0.5) is 0 Å². The van der Waals surface area contributed by atoms with Gasteiger partial charge in [-0.3, -0.25) is 0 Å². The molecular weight excluding hydrogens is 402 g/mol. The molecular formula is C20H24ClNO5S. The van der Waals surface area contributed by atoms with E-state index < -0.39 is 21.6 Å². The third kappa shape index (κ3) is 5.70. The molecule has 0 saturated carbocycles. The van der Waals surface area contributed by atoms with Crippen LogP contribution in [0.15, 0.2) is 41.3 Å². The molecule has 6 nitrogen and oxygen atoms in total. The highest BCUT2D eigenvalue weighted by Crippen LogP contribution is 2.36. The first-order valence-corrected chi connectivity index (χ1v) is 10.5. The van der Waals surface area contributed by atoms with Gasteiger partial charge in [0.05, 0.1) is 4.90 Å². The second-order valence-electron chi connectivity index (χ2n) is 7.20. The van der Waals surface area contributed by atoms with E-state index in [2.05, 4.69) is 4.72 Å². The number of esters is 1. The predicted molar refractivity (Wildman–Crippen MR) is 109 cm³/mol. The average Bonchev–Trinajstić information content (AvgIpc) is 2.59. The Kier molecular flexibility index (Phi) is 6.75. The summed E-state index contributed by atoms with van der Waals surface area (Å²) >= 11 is 6.15. The molecule has 152 valence electrons. The van der Waals surface area contributed by atoms with Gasteiger partial charge in [0.25, 0.3) is 0 Å². The number of nitrogens with one attached hydrogen (secondary N) is 1. The van der Waals surface area contributed by atoms with E-state index in [1.165, 1.54) is 13.1 Å². The number of halogens is 1. The van der Waals surface area contributed by atoms with E-state index in [0.29, 0.717) is 21.9 Å². The van der Waals surface area contributed by atoms with Crippen molar-refractivity contribution in [2.75, 3.05) is 13.7 Å². The predicted octanol–water partition coefficient (Wildman–Crippen LogP) is 3.94. The van der Waals surface area contributed by atoms with E-state index >= 15 is 0 Å². The first kappa shape index (κ1) is 22.2. The molecule has 1 N–H and O–H groups in total. The summed E-state index contributed by atoms with van der Waals surface area (Å²) in [5.74, 6) is -0.103. The van der Waals surface area contributed by atoms with E-state index in [9.17, 15) is 13.2 Å². The molecule has 0 amide bonds. The van der Waals surface area contributed by atoms with Crippen molar-refractivity contribution in [3.05, 3.63) is 47.0 Å². The van der Waals surface area contributed by atoms with Crippen molar-refractivity contribution in [1.82, 2.24) is 4.72 Å². The number of carbonyl (C=O) groups is 1. The van der Waals surface area contributed by atoms with Crippen LogP contribution in [0.3, 0.4) is 0 Å². The number of aryl methyl sites for hydroxylation is 1. The number of benzene rings is 2. The minimum atomic E-state index is -3.61. The number of hydrogen-bond acceptors (Lipinski definition) is 5. The summed E-state index contributed by atoms with van der Waals surface area (Å²) in [6, 6.07) is 9.73. The quantitative estimate of drug-likeness (QED) is 0.709. The highest BCUT2D eigenvalue weighted by molar-refractivity contribution is 7.89. The summed E-state index contributed by atoms with van der Waals surface area (Å²) in [6.07, 6.45) is 0. The molecule has 28 heavy (non-hydrogen) atoms. The van der Waals surface area contributed by atoms with Gasteiger partial charge < -0.3 is 9.47 Å². The maximum atomic E-state index is 12.2. The van der Waals surface area contributed by atoms with Crippen molar-refractivity contribution >= 4 is 27.6 Å². The Labute approximate surface area is 170 Å². The standard InChI is InChI=1S/C20H24ClNO5S/c1-13-6-8-15(28(24,25)22-5)11-16(13)17-10-14(21)7-9-18(17)26-12-19(23)27-20(2,3)4/h6-11,22H,12H2,1-5H3. The first-order valence-electron chi connectivity index (χ1n) is 8.62. The van der Waals surface area contributed by atoms with Crippen LogP contribution in [-0.4, -0.2) is 33.6 Å². The molecule has 0 aromatic heterocycles. The van der Waals surface area contributed by atoms with Gasteiger partial charge in [-0.1, -0.05) is 17.7 Å². The molecule has 0 aliphatic heterocycles. The zero-order chi connectivity index (χ0) is 21.1. The zero-order valence-corrected chi connectivity index (χ0v) is 18.1. The summed E-state index contributed by atoms with van der Waals surface area (Å²) in [6.45, 7) is 6.89. The highest BCUT2D eigenvalue weighted by Gasteiger charge is 2.19. The van der Waals surface area contributed by atoms with Gasteiger partial charge in [0.1, 0.15) is 11.4 Å². The Hall–Kier alpha value is -2.09. The summed E-state index contributed by atoms with van der Waals surface area (Å²) < 4.78 is 37.5. The average molecular weight is 426 g/mol. The summed E-state index contributed by atoms with van der Waals surface area (Å²) in [5.41, 5.74) is 1.44. The minimum Gasteiger partial charge on any atom is -0.481 e. The van der Waals surface area contributed by atoms with Crippen molar-refractivity contribution in [1.29, 1.82) is 0 Å². The Morgan fingerprint density at radius 3 is 2.39 bits per heavy atom. The third-order valence-electron chi connectivity index (χ3n) is 3.79. The number of rotatable bonds is 6. The van der Waals surface area contributed by atoms with E-state index in [1.54, 1.807) is 51.1 Å². The molecule has 0 atom stereocenters. The Balaban J connectivity index is 2.43. The lowest BCUT2D eigenvalue weighted by Gasteiger charge is -2.20. The van der Waals surface area contributed by atoms with Crippen LogP contribution < -0.4 is 9.46 Å². The normalized spacial score (nSPS) is 11.9. The van der Waals surface area contributed by atoms with Crippen LogP contribution in [-0.2, 0) is 19.6 Å². The molecule has 0 aliphatic carbocycles. The molecule has 8 heteroatoms. The summed E-state index contributed by atoms with van der Waals surface area (Å²) in [4.78, 5) is 12.1. The summed E-state index contributed by atoms with van der Waals surface area (Å²) in [5, 5.41) is 0.459. The number of carbonyl (C=O) groups excluding carboxylic acids is 1. The molecule has 0 radical (unpaired) electrons. The summed E-state index contributed by atoms with van der Waals surface area (Å²) in [7, 11) is -2.26. The lowest BCUT2D eigenvalue weighted by molar-refractivity contribution is -0.157. The van der Waals surface area contributed by atoms with Gasteiger partial charge in [-0.25, -0.2) is 17.9 Å². The van der Waals surface area contributed by atoms with Crippen LogP contribution in [0.2, 0.25) is 5.02 Å². The van der Waals surface area contributed by atoms with Gasteiger partial charge in [-0.15, -0.1) is 0 Å². The molecule has 0 spiro atoms. The molecule has 0 aliphatic rings. The maximum Gasteiger partial charge on any atom is 0.344 e. The first-order chi connectivity index (χ1) is 12.9. The minimum absolute atomic E-state index is 0.119. The number of ether oxygens (including phenoxy) is 2. The van der Waals surface area contributed by atoms with E-state index in [0.717, 1.165) is 5.56 Å². The van der Waals surface area contributed by atoms with Gasteiger partial charge in [-0.05, 0) is 76.2 Å². The Morgan fingerprint density at radius 2 is 1.79 bits per heavy atom. The van der Waals surface area contributed by atoms with E-state index in [-0.39, 0.29) is 11.5 Å². The van der Waals surface area contributed by atoms with Gasteiger partial charge in [0.2, 0.25) is 10.0 Å². The lowest BCUT2D eigenvalue weighted by atomic mass is 10.00. The lowest BCUT2D eigenvalue weighted by Crippen LogP contribution is -2.27. The van der Waals surface area contributed by atoms with E-state index in [4.69, 9.17) is 21.1 Å². The molecule has 0 unspecified atom stereocenters. The fourth-order valence-electron chi connectivity index (χ4n) is 2.52. The van der Waals surface area contributed by atoms with Gasteiger partial charge in [0, 0.05) is 10.6 Å². The second kappa shape index (κ2) is 8.51. The van der Waals surface area contributed by atoms with Crippen molar-refractivity contribution in [3.63, 3.8) is 0 Å². The molecule has 2 rings (SSSR count). The van der Waals surface area contributed by atoms with Crippen LogP contribution in [0.1, 0.15) is 26.3 Å². The molecule has 0 fully saturated rings. The van der Waals surface area contributed by atoms with Crippen LogP contribution in [0, 0.1) is 6.92 Å². The zero-order valence-electron chi connectivity index (χ0n) is 16.5. The second-order valence-corrected chi connectivity index (χ2v) is 9.52. The van der Waals surface area contributed by atoms with Gasteiger partial charge in [-0.2, -0.15) is 0 Å². The highest BCUT2D eigenvalue weighted by atomic mass is 35.5. The van der Waals surface area contributed by atoms with Crippen LogP contribution in [0.5, 0.6) is 5.75 Å². The van der Waals surface area contributed by atoms with Crippen LogP contribution in [0.25, 0.3) is 11.1 Å².